The Morgan fingerprint density at radius 2 is 1.76 bits per heavy atom. The van der Waals surface area contributed by atoms with E-state index in [0.717, 1.165) is 0 Å². The van der Waals surface area contributed by atoms with Crippen LogP contribution in [0.4, 0.5) is 0 Å². The number of aliphatic carboxylic acids is 1. The van der Waals surface area contributed by atoms with Crippen LogP contribution in [0, 0.1) is 5.41 Å². The Morgan fingerprint density at radius 3 is 2.19 bits per heavy atom. The fraction of sp³-hybridized carbons (Fsp3) is 0.500. The third-order valence-electron chi connectivity index (χ3n) is 2.59. The molecule has 0 fully saturated rings. The predicted octanol–water partition coefficient (Wildman–Crippen LogP) is 1.82. The molecule has 0 unspecified atom stereocenters. The summed E-state index contributed by atoms with van der Waals surface area (Å²) in [5.74, 6) is -0.772. The molecule has 0 spiro atoms. The molecule has 7 heteroatoms. The zero-order chi connectivity index (χ0) is 16.3. The first-order chi connectivity index (χ1) is 9.52. The van der Waals surface area contributed by atoms with Crippen molar-refractivity contribution in [2.75, 3.05) is 20.2 Å². The highest BCUT2D eigenvalue weighted by atomic mass is 32.2. The summed E-state index contributed by atoms with van der Waals surface area (Å²) in [4.78, 5) is 10.5. The maximum absolute atomic E-state index is 12.4. The SMILES string of the molecule is CN(CC(C)(C)C)S(=O)(=O)c1ccc(OCC(=O)O)cc1. The van der Waals surface area contributed by atoms with Crippen LogP contribution in [0.2, 0.25) is 0 Å². The van der Waals surface area contributed by atoms with Gasteiger partial charge in [0.25, 0.3) is 0 Å². The highest BCUT2D eigenvalue weighted by Crippen LogP contribution is 2.22. The summed E-state index contributed by atoms with van der Waals surface area (Å²) in [5, 5.41) is 8.51. The third-order valence-corrected chi connectivity index (χ3v) is 4.41. The van der Waals surface area contributed by atoms with E-state index < -0.39 is 22.6 Å². The van der Waals surface area contributed by atoms with Crippen LogP contribution in [0.3, 0.4) is 0 Å². The summed E-state index contributed by atoms with van der Waals surface area (Å²) in [7, 11) is -2.02. The van der Waals surface area contributed by atoms with Crippen LogP contribution in [-0.4, -0.2) is 44.0 Å². The topological polar surface area (TPSA) is 83.9 Å². The Balaban J connectivity index is 2.87. The first kappa shape index (κ1) is 17.5. The second-order valence-electron chi connectivity index (χ2n) is 5.98. The van der Waals surface area contributed by atoms with Crippen LogP contribution in [-0.2, 0) is 14.8 Å². The van der Waals surface area contributed by atoms with E-state index in [1.807, 2.05) is 20.8 Å². The summed E-state index contributed by atoms with van der Waals surface area (Å²) in [6.45, 7) is 5.81. The van der Waals surface area contributed by atoms with Gasteiger partial charge < -0.3 is 9.84 Å². The van der Waals surface area contributed by atoms with Crippen molar-refractivity contribution in [1.29, 1.82) is 0 Å². The van der Waals surface area contributed by atoms with Gasteiger partial charge in [-0.3, -0.25) is 0 Å². The van der Waals surface area contributed by atoms with Gasteiger partial charge in [0.2, 0.25) is 10.0 Å². The third kappa shape index (κ3) is 5.35. The Labute approximate surface area is 125 Å². The van der Waals surface area contributed by atoms with Crippen molar-refractivity contribution in [1.82, 2.24) is 4.31 Å². The van der Waals surface area contributed by atoms with Gasteiger partial charge >= 0.3 is 5.97 Å². The zero-order valence-corrected chi connectivity index (χ0v) is 13.5. The number of nitrogens with zero attached hydrogens (tertiary/aromatic N) is 1. The summed E-state index contributed by atoms with van der Waals surface area (Å²) in [5.41, 5.74) is -0.146. The van der Waals surface area contributed by atoms with Crippen LogP contribution in [0.1, 0.15) is 20.8 Å². The largest absolute Gasteiger partial charge is 0.482 e. The molecule has 0 aliphatic carbocycles. The molecule has 0 heterocycles. The number of benzene rings is 1. The van der Waals surface area contributed by atoms with Gasteiger partial charge in [-0.25, -0.2) is 17.5 Å². The Kier molecular flexibility index (Phi) is 5.36. The number of hydrogen-bond donors (Lipinski definition) is 1. The lowest BCUT2D eigenvalue weighted by Gasteiger charge is -2.26. The zero-order valence-electron chi connectivity index (χ0n) is 12.7. The van der Waals surface area contributed by atoms with Crippen LogP contribution in [0.25, 0.3) is 0 Å². The smallest absolute Gasteiger partial charge is 0.341 e. The van der Waals surface area contributed by atoms with E-state index in [2.05, 4.69) is 0 Å². The molecule has 0 aliphatic heterocycles. The molecule has 0 saturated carbocycles. The minimum absolute atomic E-state index is 0.146. The fourth-order valence-corrected chi connectivity index (χ4v) is 3.18. The van der Waals surface area contributed by atoms with E-state index in [9.17, 15) is 13.2 Å². The number of hydrogen-bond acceptors (Lipinski definition) is 4. The summed E-state index contributed by atoms with van der Waals surface area (Å²) >= 11 is 0. The molecular weight excluding hydrogens is 294 g/mol. The number of sulfonamides is 1. The fourth-order valence-electron chi connectivity index (χ4n) is 1.79. The molecule has 0 saturated heterocycles. The summed E-state index contributed by atoms with van der Waals surface area (Å²) in [6, 6.07) is 5.71. The predicted molar refractivity (Wildman–Crippen MR) is 78.8 cm³/mol. The van der Waals surface area contributed by atoms with Crippen molar-refractivity contribution >= 4 is 16.0 Å². The minimum atomic E-state index is -3.56. The molecule has 1 aromatic carbocycles. The minimum Gasteiger partial charge on any atom is -0.482 e. The Bertz CT molecular complexity index is 587. The average Bonchev–Trinajstić information content (AvgIpc) is 2.34. The van der Waals surface area contributed by atoms with Gasteiger partial charge in [-0.05, 0) is 29.7 Å². The molecule has 0 amide bonds. The lowest BCUT2D eigenvalue weighted by Crippen LogP contribution is -2.34. The van der Waals surface area contributed by atoms with E-state index in [0.29, 0.717) is 12.3 Å². The monoisotopic (exact) mass is 315 g/mol. The first-order valence-electron chi connectivity index (χ1n) is 6.43. The molecule has 0 atom stereocenters. The molecule has 1 N–H and O–H groups in total. The van der Waals surface area contributed by atoms with Gasteiger partial charge in [0.05, 0.1) is 4.90 Å². The van der Waals surface area contributed by atoms with Crippen LogP contribution in [0.5, 0.6) is 5.75 Å². The second kappa shape index (κ2) is 6.44. The summed E-state index contributed by atoms with van der Waals surface area (Å²) in [6.07, 6.45) is 0. The number of carboxylic acid groups (broad SMARTS) is 1. The van der Waals surface area contributed by atoms with Gasteiger partial charge in [-0.1, -0.05) is 20.8 Å². The molecule has 1 rings (SSSR count). The molecule has 1 aromatic rings. The molecular formula is C14H21NO5S. The number of ether oxygens (including phenoxy) is 1. The Hall–Kier alpha value is -1.60. The van der Waals surface area contributed by atoms with Gasteiger partial charge in [0, 0.05) is 13.6 Å². The van der Waals surface area contributed by atoms with Crippen molar-refractivity contribution in [3.63, 3.8) is 0 Å². The van der Waals surface area contributed by atoms with E-state index in [1.165, 1.54) is 35.6 Å². The molecule has 6 nitrogen and oxygen atoms in total. The number of carboxylic acids is 1. The van der Waals surface area contributed by atoms with Crippen molar-refractivity contribution in [3.8, 4) is 5.75 Å². The average molecular weight is 315 g/mol. The molecule has 0 bridgehead atoms. The van der Waals surface area contributed by atoms with Crippen LogP contribution >= 0.6 is 0 Å². The van der Waals surface area contributed by atoms with Crippen LogP contribution < -0.4 is 4.74 Å². The van der Waals surface area contributed by atoms with Crippen molar-refractivity contribution in [2.45, 2.75) is 25.7 Å². The number of carbonyl (C=O) groups is 1. The first-order valence-corrected chi connectivity index (χ1v) is 7.87. The van der Waals surface area contributed by atoms with Gasteiger partial charge in [0.1, 0.15) is 5.75 Å². The summed E-state index contributed by atoms with van der Waals surface area (Å²) < 4.78 is 31.0. The normalized spacial score (nSPS) is 12.4. The van der Waals surface area contributed by atoms with Crippen molar-refractivity contribution in [3.05, 3.63) is 24.3 Å². The van der Waals surface area contributed by atoms with E-state index >= 15 is 0 Å². The Morgan fingerprint density at radius 1 is 1.24 bits per heavy atom. The van der Waals surface area contributed by atoms with E-state index in [1.54, 1.807) is 0 Å². The van der Waals surface area contributed by atoms with Crippen molar-refractivity contribution < 1.29 is 23.1 Å². The maximum atomic E-state index is 12.4. The van der Waals surface area contributed by atoms with E-state index in [4.69, 9.17) is 9.84 Å². The molecule has 21 heavy (non-hydrogen) atoms. The highest BCUT2D eigenvalue weighted by Gasteiger charge is 2.25. The lowest BCUT2D eigenvalue weighted by molar-refractivity contribution is -0.139. The van der Waals surface area contributed by atoms with Gasteiger partial charge in [-0.2, -0.15) is 0 Å². The quantitative estimate of drug-likeness (QED) is 0.865. The van der Waals surface area contributed by atoms with Gasteiger partial charge in [0.15, 0.2) is 6.61 Å². The standard InChI is InChI=1S/C14H21NO5S/c1-14(2,3)10-15(4)21(18,19)12-7-5-11(6-8-12)20-9-13(16)17/h5-8H,9-10H2,1-4H3,(H,16,17). The molecule has 118 valence electrons. The van der Waals surface area contributed by atoms with Gasteiger partial charge in [-0.15, -0.1) is 0 Å². The lowest BCUT2D eigenvalue weighted by atomic mass is 9.97. The van der Waals surface area contributed by atoms with Crippen molar-refractivity contribution in [2.24, 2.45) is 5.41 Å². The molecule has 0 aromatic heterocycles. The molecule has 0 aliphatic rings. The molecule has 0 radical (unpaired) electrons. The number of rotatable bonds is 6. The maximum Gasteiger partial charge on any atom is 0.341 e. The van der Waals surface area contributed by atoms with Crippen LogP contribution in [0.15, 0.2) is 29.2 Å². The second-order valence-corrected chi connectivity index (χ2v) is 8.02. The highest BCUT2D eigenvalue weighted by molar-refractivity contribution is 7.89. The van der Waals surface area contributed by atoms with E-state index in [-0.39, 0.29) is 10.3 Å².